The topological polar surface area (TPSA) is 52.5 Å². The quantitative estimate of drug-likeness (QED) is 0.648. The van der Waals surface area contributed by atoms with Crippen molar-refractivity contribution in [1.82, 2.24) is 19.8 Å². The number of hydrogen-bond acceptors (Lipinski definition) is 6. The van der Waals surface area contributed by atoms with Gasteiger partial charge in [0.2, 0.25) is 0 Å². The largest absolute Gasteiger partial charge is 0.508 e. The molecular weight excluding hydrogens is 356 g/mol. The van der Waals surface area contributed by atoms with E-state index in [1.54, 1.807) is 17.8 Å². The van der Waals surface area contributed by atoms with Crippen LogP contribution in [-0.4, -0.2) is 62.8 Å². The average molecular weight is 383 g/mol. The van der Waals surface area contributed by atoms with Crippen LogP contribution in [-0.2, 0) is 6.54 Å². The van der Waals surface area contributed by atoms with Crippen molar-refractivity contribution in [3.05, 3.63) is 47.8 Å². The number of thioether (sulfide) groups is 1. The molecule has 5 heterocycles. The lowest BCUT2D eigenvalue weighted by Crippen LogP contribution is -2.59. The molecule has 0 aliphatic carbocycles. The van der Waals surface area contributed by atoms with E-state index in [-0.39, 0.29) is 0 Å². The molecule has 2 aromatic rings. The van der Waals surface area contributed by atoms with Crippen LogP contribution < -0.4 is 0 Å². The normalized spacial score (nSPS) is 32.6. The van der Waals surface area contributed by atoms with Crippen LogP contribution in [0.4, 0.5) is 0 Å². The Bertz CT molecular complexity index is 806. The van der Waals surface area contributed by atoms with Gasteiger partial charge in [0.25, 0.3) is 0 Å². The molecule has 4 saturated heterocycles. The van der Waals surface area contributed by atoms with Crippen LogP contribution in [0.3, 0.4) is 0 Å². The summed E-state index contributed by atoms with van der Waals surface area (Å²) in [7, 11) is 0. The van der Waals surface area contributed by atoms with Crippen molar-refractivity contribution >= 4 is 11.8 Å². The summed E-state index contributed by atoms with van der Waals surface area (Å²) in [6.45, 7) is 4.40. The number of aromatic nitrogens is 2. The first-order valence-corrected chi connectivity index (χ1v) is 11.1. The number of phenols is 1. The zero-order valence-electron chi connectivity index (χ0n) is 15.7. The fraction of sp³-hybridized carbons (Fsp3) is 0.524. The van der Waals surface area contributed by atoms with E-state index < -0.39 is 0 Å². The maximum atomic E-state index is 10.0. The molecule has 0 spiro atoms. The van der Waals surface area contributed by atoms with Gasteiger partial charge in [0.05, 0.1) is 0 Å². The van der Waals surface area contributed by atoms with Crippen LogP contribution in [0, 0.1) is 5.92 Å². The third-order valence-electron chi connectivity index (χ3n) is 6.64. The van der Waals surface area contributed by atoms with Gasteiger partial charge in [0, 0.05) is 49.0 Å². The van der Waals surface area contributed by atoms with Gasteiger partial charge in [-0.2, -0.15) is 0 Å². The molecule has 4 aliphatic heterocycles. The number of nitrogens with zero attached hydrogens (tertiary/aromatic N) is 4. The summed E-state index contributed by atoms with van der Waals surface area (Å²) < 4.78 is 0. The number of fused-ring (bicyclic) bond motifs is 2. The summed E-state index contributed by atoms with van der Waals surface area (Å²) in [5.74, 6) is 1.62. The van der Waals surface area contributed by atoms with Gasteiger partial charge in [-0.15, -0.1) is 0 Å². The number of aromatic hydroxyl groups is 1. The van der Waals surface area contributed by atoms with Gasteiger partial charge in [-0.3, -0.25) is 9.80 Å². The van der Waals surface area contributed by atoms with Crippen molar-refractivity contribution in [2.75, 3.05) is 25.9 Å². The summed E-state index contributed by atoms with van der Waals surface area (Å²) in [4.78, 5) is 14.3. The smallest absolute Gasteiger partial charge is 0.187 e. The van der Waals surface area contributed by atoms with E-state index in [2.05, 4.69) is 25.8 Å². The second-order valence-corrected chi connectivity index (χ2v) is 8.84. The number of hydrogen-bond donors (Lipinski definition) is 1. The standard InChI is InChI=1S/C21H26N4OS/c1-27-21-22-10-14(11-23-21)12-25-13-18(16-3-2-4-17(26)9-16)20-19(25)15-5-7-24(20)8-6-15/h2-4,9-11,15,18-20,26H,5-8,12-13H2,1H3. The zero-order chi connectivity index (χ0) is 18.4. The van der Waals surface area contributed by atoms with E-state index >= 15 is 0 Å². The van der Waals surface area contributed by atoms with E-state index in [0.717, 1.165) is 24.2 Å². The highest BCUT2D eigenvalue weighted by Crippen LogP contribution is 2.47. The van der Waals surface area contributed by atoms with Gasteiger partial charge >= 0.3 is 0 Å². The molecule has 6 heteroatoms. The molecule has 27 heavy (non-hydrogen) atoms. The van der Waals surface area contributed by atoms with Gasteiger partial charge in [0.15, 0.2) is 5.16 Å². The van der Waals surface area contributed by atoms with Crippen molar-refractivity contribution in [2.45, 2.75) is 42.5 Å². The predicted molar refractivity (Wildman–Crippen MR) is 107 cm³/mol. The first-order valence-electron chi connectivity index (χ1n) is 9.85. The van der Waals surface area contributed by atoms with Crippen molar-refractivity contribution < 1.29 is 5.11 Å². The number of likely N-dealkylation sites (tertiary alicyclic amines) is 1. The average Bonchev–Trinajstić information content (AvgIpc) is 3.11. The Morgan fingerprint density at radius 2 is 1.93 bits per heavy atom. The maximum Gasteiger partial charge on any atom is 0.187 e. The van der Waals surface area contributed by atoms with Crippen molar-refractivity contribution in [3.8, 4) is 5.75 Å². The van der Waals surface area contributed by atoms with E-state index in [4.69, 9.17) is 0 Å². The van der Waals surface area contributed by atoms with E-state index in [1.165, 1.54) is 37.1 Å². The van der Waals surface area contributed by atoms with Crippen LogP contribution in [0.25, 0.3) is 0 Å². The highest BCUT2D eigenvalue weighted by atomic mass is 32.2. The Morgan fingerprint density at radius 1 is 1.15 bits per heavy atom. The fourth-order valence-corrected chi connectivity index (χ4v) is 5.85. The monoisotopic (exact) mass is 382 g/mol. The van der Waals surface area contributed by atoms with Crippen LogP contribution in [0.1, 0.15) is 29.9 Å². The second-order valence-electron chi connectivity index (χ2n) is 8.06. The Kier molecular flexibility index (Phi) is 4.58. The number of benzene rings is 1. The summed E-state index contributed by atoms with van der Waals surface area (Å²) in [6, 6.07) is 9.06. The molecule has 0 radical (unpaired) electrons. The number of piperidine rings is 3. The second kappa shape index (κ2) is 7.08. The molecule has 2 bridgehead atoms. The summed E-state index contributed by atoms with van der Waals surface area (Å²) in [5.41, 5.74) is 2.47. The molecule has 1 aromatic heterocycles. The highest BCUT2D eigenvalue weighted by Gasteiger charge is 2.53. The lowest BCUT2D eigenvalue weighted by atomic mass is 9.75. The van der Waals surface area contributed by atoms with Crippen molar-refractivity contribution in [3.63, 3.8) is 0 Å². The molecule has 6 rings (SSSR count). The molecule has 4 fully saturated rings. The summed E-state index contributed by atoms with van der Waals surface area (Å²) in [5, 5.41) is 10.8. The summed E-state index contributed by atoms with van der Waals surface area (Å²) >= 11 is 1.58. The molecule has 3 atom stereocenters. The van der Waals surface area contributed by atoms with Crippen LogP contribution in [0.5, 0.6) is 5.75 Å². The van der Waals surface area contributed by atoms with Crippen LogP contribution >= 0.6 is 11.8 Å². The van der Waals surface area contributed by atoms with Gasteiger partial charge < -0.3 is 5.11 Å². The minimum Gasteiger partial charge on any atom is -0.508 e. The molecule has 3 unspecified atom stereocenters. The first-order chi connectivity index (χ1) is 13.2. The SMILES string of the molecule is CSc1ncc(CN2CC(c3cccc(O)c3)C3C2C2CCN3CC2)cn1. The van der Waals surface area contributed by atoms with Crippen LogP contribution in [0.2, 0.25) is 0 Å². The zero-order valence-corrected chi connectivity index (χ0v) is 16.5. The van der Waals surface area contributed by atoms with Crippen molar-refractivity contribution in [1.29, 1.82) is 0 Å². The fourth-order valence-electron chi connectivity index (χ4n) is 5.54. The first kappa shape index (κ1) is 17.5. The number of rotatable bonds is 4. The third kappa shape index (κ3) is 3.13. The highest BCUT2D eigenvalue weighted by molar-refractivity contribution is 7.98. The van der Waals surface area contributed by atoms with E-state index in [1.807, 2.05) is 30.8 Å². The minimum atomic E-state index is 0.375. The minimum absolute atomic E-state index is 0.375. The Morgan fingerprint density at radius 3 is 2.63 bits per heavy atom. The Labute approximate surface area is 164 Å². The van der Waals surface area contributed by atoms with E-state index in [9.17, 15) is 5.11 Å². The van der Waals surface area contributed by atoms with Gasteiger partial charge in [-0.1, -0.05) is 23.9 Å². The molecule has 1 aromatic carbocycles. The molecule has 1 N–H and O–H groups in total. The molecule has 0 saturated carbocycles. The van der Waals surface area contributed by atoms with Crippen molar-refractivity contribution in [2.24, 2.45) is 5.92 Å². The molecule has 4 aliphatic rings. The lowest BCUT2D eigenvalue weighted by Gasteiger charge is -2.51. The maximum absolute atomic E-state index is 10.0. The van der Waals surface area contributed by atoms with Gasteiger partial charge in [-0.25, -0.2) is 9.97 Å². The Hall–Kier alpha value is -1.63. The molecule has 0 amide bonds. The molecule has 142 valence electrons. The number of phenolic OH excluding ortho intramolecular Hbond substituents is 1. The van der Waals surface area contributed by atoms with Gasteiger partial charge in [-0.05, 0) is 55.8 Å². The Balaban J connectivity index is 1.45. The van der Waals surface area contributed by atoms with Gasteiger partial charge in [0.1, 0.15) is 5.75 Å². The lowest BCUT2D eigenvalue weighted by molar-refractivity contribution is -0.00875. The molecule has 5 nitrogen and oxygen atoms in total. The predicted octanol–water partition coefficient (Wildman–Crippen LogP) is 2.97. The van der Waals surface area contributed by atoms with E-state index in [0.29, 0.717) is 23.8 Å². The summed E-state index contributed by atoms with van der Waals surface area (Å²) in [6.07, 6.45) is 8.60. The third-order valence-corrected chi connectivity index (χ3v) is 7.22. The molecular formula is C21H26N4OS. The van der Waals surface area contributed by atoms with Crippen LogP contribution in [0.15, 0.2) is 41.8 Å².